The molecule has 1 atom stereocenters. The normalized spacial score (nSPS) is 14.2. The van der Waals surface area contributed by atoms with Gasteiger partial charge in [0.25, 0.3) is 0 Å². The molecular weight excluding hydrogens is 202 g/mol. The molecule has 0 aliphatic rings. The Kier molecular flexibility index (Phi) is 3.28. The van der Waals surface area contributed by atoms with Gasteiger partial charge in [-0.3, -0.25) is 5.10 Å². The first-order chi connectivity index (χ1) is 6.47. The SMILES string of the molecule is CCC(C)NS(=O)(=O)c1cn[nH]c1C. The Balaban J connectivity index is 2.92. The Morgan fingerprint density at radius 2 is 2.29 bits per heavy atom. The lowest BCUT2D eigenvalue weighted by atomic mass is 10.3. The van der Waals surface area contributed by atoms with E-state index in [2.05, 4.69) is 14.9 Å². The third-order valence-electron chi connectivity index (χ3n) is 2.04. The number of aryl methyl sites for hydroxylation is 1. The van der Waals surface area contributed by atoms with Gasteiger partial charge >= 0.3 is 0 Å². The lowest BCUT2D eigenvalue weighted by molar-refractivity contribution is 0.555. The van der Waals surface area contributed by atoms with Gasteiger partial charge in [-0.15, -0.1) is 0 Å². The summed E-state index contributed by atoms with van der Waals surface area (Å²) >= 11 is 0. The third-order valence-corrected chi connectivity index (χ3v) is 3.75. The molecule has 6 heteroatoms. The Morgan fingerprint density at radius 1 is 1.64 bits per heavy atom. The Bertz CT molecular complexity index is 396. The molecule has 1 unspecified atom stereocenters. The maximum absolute atomic E-state index is 11.7. The van der Waals surface area contributed by atoms with Gasteiger partial charge in [-0.2, -0.15) is 5.10 Å². The van der Waals surface area contributed by atoms with E-state index in [-0.39, 0.29) is 10.9 Å². The predicted octanol–water partition coefficient (Wildman–Crippen LogP) is 0.795. The molecule has 14 heavy (non-hydrogen) atoms. The Hall–Kier alpha value is -0.880. The maximum atomic E-state index is 11.7. The molecule has 1 rings (SSSR count). The number of nitrogens with one attached hydrogen (secondary N) is 2. The monoisotopic (exact) mass is 217 g/mol. The molecule has 0 saturated heterocycles. The van der Waals surface area contributed by atoms with Crippen LogP contribution in [0.1, 0.15) is 26.0 Å². The molecule has 0 aliphatic heterocycles. The van der Waals surface area contributed by atoms with Crippen molar-refractivity contribution >= 4 is 10.0 Å². The van der Waals surface area contributed by atoms with Crippen LogP contribution in [0.15, 0.2) is 11.1 Å². The summed E-state index contributed by atoms with van der Waals surface area (Å²) in [4.78, 5) is 0.220. The van der Waals surface area contributed by atoms with Crippen molar-refractivity contribution in [2.75, 3.05) is 0 Å². The fourth-order valence-electron chi connectivity index (χ4n) is 1.02. The van der Waals surface area contributed by atoms with Crippen molar-refractivity contribution < 1.29 is 8.42 Å². The van der Waals surface area contributed by atoms with E-state index in [4.69, 9.17) is 0 Å². The predicted molar refractivity (Wildman–Crippen MR) is 53.4 cm³/mol. The van der Waals surface area contributed by atoms with Crippen molar-refractivity contribution in [3.05, 3.63) is 11.9 Å². The minimum atomic E-state index is -3.40. The summed E-state index contributed by atoms with van der Waals surface area (Å²) in [5, 5.41) is 6.27. The summed E-state index contributed by atoms with van der Waals surface area (Å²) < 4.78 is 26.0. The van der Waals surface area contributed by atoms with Crippen LogP contribution in [0.2, 0.25) is 0 Å². The summed E-state index contributed by atoms with van der Waals surface area (Å²) in [6.07, 6.45) is 2.08. The van der Waals surface area contributed by atoms with Gasteiger partial charge in [-0.25, -0.2) is 13.1 Å². The first kappa shape index (κ1) is 11.2. The second kappa shape index (κ2) is 4.10. The zero-order chi connectivity index (χ0) is 10.8. The Morgan fingerprint density at radius 3 is 2.71 bits per heavy atom. The van der Waals surface area contributed by atoms with Crippen LogP contribution in [0.3, 0.4) is 0 Å². The summed E-state index contributed by atoms with van der Waals surface area (Å²) in [7, 11) is -3.40. The topological polar surface area (TPSA) is 74.8 Å². The molecule has 1 aromatic rings. The molecule has 0 fully saturated rings. The van der Waals surface area contributed by atoms with E-state index < -0.39 is 10.0 Å². The van der Waals surface area contributed by atoms with E-state index in [1.54, 1.807) is 6.92 Å². The van der Waals surface area contributed by atoms with E-state index in [1.807, 2.05) is 13.8 Å². The highest BCUT2D eigenvalue weighted by atomic mass is 32.2. The van der Waals surface area contributed by atoms with Crippen molar-refractivity contribution in [2.24, 2.45) is 0 Å². The van der Waals surface area contributed by atoms with Crippen molar-refractivity contribution in [1.82, 2.24) is 14.9 Å². The van der Waals surface area contributed by atoms with E-state index in [0.29, 0.717) is 5.69 Å². The van der Waals surface area contributed by atoms with Crippen LogP contribution in [0.25, 0.3) is 0 Å². The number of hydrogen-bond donors (Lipinski definition) is 2. The zero-order valence-corrected chi connectivity index (χ0v) is 9.35. The molecule has 0 amide bonds. The van der Waals surface area contributed by atoms with E-state index >= 15 is 0 Å². The smallest absolute Gasteiger partial charge is 0.244 e. The third kappa shape index (κ3) is 2.33. The standard InChI is InChI=1S/C8H15N3O2S/c1-4-6(2)11-14(12,13)8-5-9-10-7(8)3/h5-6,11H,4H2,1-3H3,(H,9,10). The maximum Gasteiger partial charge on any atom is 0.244 e. The van der Waals surface area contributed by atoms with Crippen LogP contribution in [0, 0.1) is 6.92 Å². The van der Waals surface area contributed by atoms with Crippen LogP contribution >= 0.6 is 0 Å². The molecule has 80 valence electrons. The number of hydrogen-bond acceptors (Lipinski definition) is 3. The highest BCUT2D eigenvalue weighted by Crippen LogP contribution is 2.11. The van der Waals surface area contributed by atoms with E-state index in [1.165, 1.54) is 6.20 Å². The van der Waals surface area contributed by atoms with Crippen LogP contribution in [-0.4, -0.2) is 24.7 Å². The summed E-state index contributed by atoms with van der Waals surface area (Å²) in [5.74, 6) is 0. The van der Waals surface area contributed by atoms with Crippen molar-refractivity contribution in [3.8, 4) is 0 Å². The second-order valence-electron chi connectivity index (χ2n) is 3.29. The minimum Gasteiger partial charge on any atom is -0.281 e. The van der Waals surface area contributed by atoms with Crippen molar-refractivity contribution in [1.29, 1.82) is 0 Å². The summed E-state index contributed by atoms with van der Waals surface area (Å²) in [6.45, 7) is 5.43. The van der Waals surface area contributed by atoms with E-state index in [0.717, 1.165) is 6.42 Å². The zero-order valence-electron chi connectivity index (χ0n) is 8.53. The highest BCUT2D eigenvalue weighted by molar-refractivity contribution is 7.89. The first-order valence-corrected chi connectivity index (χ1v) is 5.98. The molecular formula is C8H15N3O2S. The van der Waals surface area contributed by atoms with E-state index in [9.17, 15) is 8.42 Å². The first-order valence-electron chi connectivity index (χ1n) is 4.49. The average molecular weight is 217 g/mol. The van der Waals surface area contributed by atoms with Crippen LogP contribution in [-0.2, 0) is 10.0 Å². The summed E-state index contributed by atoms with van der Waals surface area (Å²) in [5.41, 5.74) is 0.556. The number of sulfonamides is 1. The molecule has 2 N–H and O–H groups in total. The van der Waals surface area contributed by atoms with Gasteiger partial charge in [0, 0.05) is 6.04 Å². The fraction of sp³-hybridized carbons (Fsp3) is 0.625. The lowest BCUT2D eigenvalue weighted by Gasteiger charge is -2.10. The average Bonchev–Trinajstić information content (AvgIpc) is 2.51. The van der Waals surface area contributed by atoms with Gasteiger partial charge in [0.1, 0.15) is 4.90 Å². The molecule has 0 bridgehead atoms. The van der Waals surface area contributed by atoms with Gasteiger partial charge < -0.3 is 0 Å². The lowest BCUT2D eigenvalue weighted by Crippen LogP contribution is -2.32. The van der Waals surface area contributed by atoms with Gasteiger partial charge in [-0.05, 0) is 20.3 Å². The largest absolute Gasteiger partial charge is 0.281 e. The van der Waals surface area contributed by atoms with Crippen molar-refractivity contribution in [3.63, 3.8) is 0 Å². The molecule has 0 spiro atoms. The molecule has 1 aromatic heterocycles. The molecule has 1 heterocycles. The molecule has 0 saturated carbocycles. The van der Waals surface area contributed by atoms with Crippen LogP contribution in [0.5, 0.6) is 0 Å². The van der Waals surface area contributed by atoms with Crippen LogP contribution in [0.4, 0.5) is 0 Å². The van der Waals surface area contributed by atoms with Gasteiger partial charge in [0.05, 0.1) is 11.9 Å². The highest BCUT2D eigenvalue weighted by Gasteiger charge is 2.19. The van der Waals surface area contributed by atoms with Gasteiger partial charge in [0.2, 0.25) is 10.0 Å². The fourth-order valence-corrected chi connectivity index (χ4v) is 2.49. The quantitative estimate of drug-likeness (QED) is 0.783. The second-order valence-corrected chi connectivity index (χ2v) is 4.97. The van der Waals surface area contributed by atoms with Gasteiger partial charge in [0.15, 0.2) is 0 Å². The number of rotatable bonds is 4. The number of aromatic amines is 1. The Labute approximate surface area is 84.0 Å². The summed E-state index contributed by atoms with van der Waals surface area (Å²) in [6, 6.07) is -0.0608. The molecule has 0 aliphatic carbocycles. The molecule has 0 radical (unpaired) electrons. The number of nitrogens with zero attached hydrogens (tertiary/aromatic N) is 1. The van der Waals surface area contributed by atoms with Crippen LogP contribution < -0.4 is 4.72 Å². The number of aromatic nitrogens is 2. The van der Waals surface area contributed by atoms with Gasteiger partial charge in [-0.1, -0.05) is 6.92 Å². The molecule has 5 nitrogen and oxygen atoms in total. The minimum absolute atomic E-state index is 0.0608. The molecule has 0 aromatic carbocycles. The number of H-pyrrole nitrogens is 1. The van der Waals surface area contributed by atoms with Crippen molar-refractivity contribution in [2.45, 2.75) is 38.1 Å².